The molecule has 0 bridgehead atoms. The zero-order chi connectivity index (χ0) is 23.3. The van der Waals surface area contributed by atoms with Crippen molar-refractivity contribution in [2.24, 2.45) is 0 Å². The molecule has 3 N–H and O–H groups in total. The van der Waals surface area contributed by atoms with Crippen molar-refractivity contribution in [3.63, 3.8) is 0 Å². The van der Waals surface area contributed by atoms with Gasteiger partial charge in [0.2, 0.25) is 0 Å². The van der Waals surface area contributed by atoms with Gasteiger partial charge in [-0.05, 0) is 29.8 Å². The van der Waals surface area contributed by atoms with Crippen LogP contribution in [0.2, 0.25) is 0 Å². The number of aromatic nitrogens is 2. The van der Waals surface area contributed by atoms with Crippen LogP contribution in [0, 0.1) is 11.2 Å². The number of pyridine rings is 2. The lowest BCUT2D eigenvalue weighted by Crippen LogP contribution is -2.31. The van der Waals surface area contributed by atoms with Crippen LogP contribution in [-0.2, 0) is 20.7 Å². The Kier molecular flexibility index (Phi) is 6.68. The molecule has 0 saturated carbocycles. The average molecular weight is 438 g/mol. The van der Waals surface area contributed by atoms with E-state index in [0.717, 1.165) is 7.11 Å². The molecular formula is C21H17FN5O5-. The van der Waals surface area contributed by atoms with Crippen LogP contribution in [0.25, 0.3) is 16.3 Å². The van der Waals surface area contributed by atoms with E-state index in [2.05, 4.69) is 20.0 Å². The highest BCUT2D eigenvalue weighted by atomic mass is 19.1. The fourth-order valence-electron chi connectivity index (χ4n) is 2.74. The van der Waals surface area contributed by atoms with E-state index in [1.807, 2.05) is 0 Å². The van der Waals surface area contributed by atoms with E-state index in [4.69, 9.17) is 10.1 Å². The number of amides is 1. The zero-order valence-corrected chi connectivity index (χ0v) is 16.8. The maximum atomic E-state index is 13.0. The number of nitrogens with zero attached hydrogens (tertiary/aromatic N) is 3. The molecule has 2 heterocycles. The van der Waals surface area contributed by atoms with Crippen molar-refractivity contribution in [3.8, 4) is 5.75 Å². The highest BCUT2D eigenvalue weighted by Crippen LogP contribution is 2.28. The molecule has 32 heavy (non-hydrogen) atoms. The highest BCUT2D eigenvalue weighted by Gasteiger charge is 2.21. The lowest BCUT2D eigenvalue weighted by atomic mass is 10.1. The predicted molar refractivity (Wildman–Crippen MR) is 112 cm³/mol. The molecule has 0 unspecified atom stereocenters. The number of aromatic hydroxyl groups is 1. The Labute approximate surface area is 181 Å². The van der Waals surface area contributed by atoms with Crippen molar-refractivity contribution in [3.05, 3.63) is 70.8 Å². The maximum absolute atomic E-state index is 13.0. The summed E-state index contributed by atoms with van der Waals surface area (Å²) in [6.45, 7) is -0.427. The van der Waals surface area contributed by atoms with Gasteiger partial charge in [-0.1, -0.05) is 12.1 Å². The minimum atomic E-state index is -0.941. The molecule has 3 aromatic rings. The largest absolute Gasteiger partial charge is 0.769 e. The molecule has 0 aliphatic heterocycles. The van der Waals surface area contributed by atoms with Crippen LogP contribution >= 0.6 is 0 Å². The summed E-state index contributed by atoms with van der Waals surface area (Å²) in [5.41, 5.74) is -0.279. The van der Waals surface area contributed by atoms with Gasteiger partial charge in [0.05, 0.1) is 7.11 Å². The Bertz CT molecular complexity index is 1210. The molecule has 2 aromatic heterocycles. The molecule has 3 rings (SSSR count). The number of methoxy groups -OCH3 is 1. The summed E-state index contributed by atoms with van der Waals surface area (Å²) in [4.78, 5) is 31.8. The Balaban J connectivity index is 1.88. The first kappa shape index (κ1) is 22.3. The quantitative estimate of drug-likeness (QED) is 0.301. The molecule has 0 aliphatic carbocycles. The third kappa shape index (κ3) is 5.01. The van der Waals surface area contributed by atoms with Crippen molar-refractivity contribution in [2.75, 3.05) is 13.7 Å². The van der Waals surface area contributed by atoms with E-state index in [9.17, 15) is 24.5 Å². The number of rotatable bonds is 6. The van der Waals surface area contributed by atoms with Crippen LogP contribution in [0.15, 0.2) is 42.6 Å². The second-order valence-corrected chi connectivity index (χ2v) is 6.45. The fraction of sp³-hybridized carbons (Fsp3) is 0.143. The number of hydrogen-bond acceptors (Lipinski definition) is 8. The number of carbonyl (C=O) groups is 2. The molecule has 1 aromatic carbocycles. The van der Waals surface area contributed by atoms with E-state index >= 15 is 0 Å². The van der Waals surface area contributed by atoms with Gasteiger partial charge in [0, 0.05) is 23.9 Å². The number of fused-ring (bicyclic) bond motifs is 1. The van der Waals surface area contributed by atoms with E-state index < -0.39 is 47.5 Å². The SMILES string of the molecule is COC(=O)CNC(=O)c1nc(C(=[N-])OC(=N)Cc2ccc(F)cc2)c(O)c2ncccc12. The van der Waals surface area contributed by atoms with Gasteiger partial charge >= 0.3 is 5.97 Å². The van der Waals surface area contributed by atoms with Crippen LogP contribution in [0.3, 0.4) is 0 Å². The van der Waals surface area contributed by atoms with Gasteiger partial charge in [0.15, 0.2) is 11.6 Å². The summed E-state index contributed by atoms with van der Waals surface area (Å²) in [5.74, 6) is -3.85. The molecule has 1 amide bonds. The summed E-state index contributed by atoms with van der Waals surface area (Å²) in [6.07, 6.45) is 1.28. The number of ether oxygens (including phenoxy) is 2. The Hall–Kier alpha value is -4.41. The topological polar surface area (TPSA) is 157 Å². The van der Waals surface area contributed by atoms with Crippen molar-refractivity contribution in [1.29, 1.82) is 5.41 Å². The standard InChI is InChI=1S/C21H17FN5O5/c1-31-15(28)10-26-21(30)17-13-3-2-8-25-16(13)19(29)18(27-17)20(24)32-14(23)9-11-4-6-12(22)7-5-11/h2-8,23,29H,9-10H2,1H3,(H,26,30)/q-1. The number of benzene rings is 1. The van der Waals surface area contributed by atoms with Gasteiger partial charge in [0.25, 0.3) is 5.91 Å². The molecule has 0 fully saturated rings. The predicted octanol–water partition coefficient (Wildman–Crippen LogP) is 1.93. The summed E-state index contributed by atoms with van der Waals surface area (Å²) in [7, 11) is 1.16. The third-order valence-electron chi connectivity index (χ3n) is 4.27. The molecule has 10 nitrogen and oxygen atoms in total. The second-order valence-electron chi connectivity index (χ2n) is 6.45. The summed E-state index contributed by atoms with van der Waals surface area (Å²) >= 11 is 0. The third-order valence-corrected chi connectivity index (χ3v) is 4.27. The first-order chi connectivity index (χ1) is 15.3. The summed E-state index contributed by atoms with van der Waals surface area (Å²) < 4.78 is 22.5. The van der Waals surface area contributed by atoms with E-state index in [-0.39, 0.29) is 23.0 Å². The van der Waals surface area contributed by atoms with Crippen LogP contribution in [-0.4, -0.2) is 52.4 Å². The van der Waals surface area contributed by atoms with Gasteiger partial charge in [-0.2, -0.15) is 0 Å². The van der Waals surface area contributed by atoms with Crippen molar-refractivity contribution in [2.45, 2.75) is 6.42 Å². The molecule has 164 valence electrons. The first-order valence-corrected chi connectivity index (χ1v) is 9.19. The molecule has 0 spiro atoms. The van der Waals surface area contributed by atoms with Crippen molar-refractivity contribution >= 4 is 34.6 Å². The molecule has 11 heteroatoms. The normalized spacial score (nSPS) is 10.4. The zero-order valence-electron chi connectivity index (χ0n) is 16.8. The molecular weight excluding hydrogens is 421 g/mol. The van der Waals surface area contributed by atoms with E-state index in [1.165, 1.54) is 42.6 Å². The first-order valence-electron chi connectivity index (χ1n) is 9.19. The van der Waals surface area contributed by atoms with Crippen molar-refractivity contribution < 1.29 is 28.6 Å². The molecule has 0 aliphatic rings. The van der Waals surface area contributed by atoms with Crippen LogP contribution in [0.5, 0.6) is 5.75 Å². The maximum Gasteiger partial charge on any atom is 0.325 e. The Morgan fingerprint density at radius 2 is 1.94 bits per heavy atom. The second kappa shape index (κ2) is 9.60. The number of halogens is 1. The monoisotopic (exact) mass is 438 g/mol. The van der Waals surface area contributed by atoms with Crippen LogP contribution < -0.4 is 5.32 Å². The Morgan fingerprint density at radius 3 is 2.62 bits per heavy atom. The number of carbonyl (C=O) groups excluding carboxylic acids is 2. The van der Waals surface area contributed by atoms with E-state index in [0.29, 0.717) is 5.56 Å². The lowest BCUT2D eigenvalue weighted by Gasteiger charge is -2.18. The highest BCUT2D eigenvalue weighted by molar-refractivity contribution is 6.11. The summed E-state index contributed by atoms with van der Waals surface area (Å²) in [5, 5.41) is 31.3. The average Bonchev–Trinajstić information content (AvgIpc) is 2.79. The van der Waals surface area contributed by atoms with Crippen molar-refractivity contribution in [1.82, 2.24) is 15.3 Å². The molecule has 0 atom stereocenters. The molecule has 0 radical (unpaired) electrons. The summed E-state index contributed by atoms with van der Waals surface area (Å²) in [6, 6.07) is 8.31. The number of nitrogens with one attached hydrogen (secondary N) is 2. The van der Waals surface area contributed by atoms with Gasteiger partial charge in [-0.25, -0.2) is 9.37 Å². The van der Waals surface area contributed by atoms with Gasteiger partial charge < -0.3 is 25.3 Å². The van der Waals surface area contributed by atoms with Gasteiger partial charge in [-0.15, -0.1) is 0 Å². The van der Waals surface area contributed by atoms with Gasteiger partial charge in [0.1, 0.15) is 29.3 Å². The Morgan fingerprint density at radius 1 is 1.22 bits per heavy atom. The minimum absolute atomic E-state index is 0.0547. The minimum Gasteiger partial charge on any atom is -0.769 e. The van der Waals surface area contributed by atoms with Crippen LogP contribution in [0.1, 0.15) is 21.7 Å². The van der Waals surface area contributed by atoms with Gasteiger partial charge in [-0.3, -0.25) is 20.0 Å². The fourth-order valence-corrected chi connectivity index (χ4v) is 2.74. The lowest BCUT2D eigenvalue weighted by molar-refractivity contribution is -0.139. The van der Waals surface area contributed by atoms with Crippen LogP contribution in [0.4, 0.5) is 4.39 Å². The molecule has 0 saturated heterocycles. The number of hydrogen-bond donors (Lipinski definition) is 3. The smallest absolute Gasteiger partial charge is 0.325 e. The van der Waals surface area contributed by atoms with E-state index in [1.54, 1.807) is 0 Å². The number of esters is 1.